The molecule has 242 valence electrons. The molecule has 2 nitrogen and oxygen atoms in total. The van der Waals surface area contributed by atoms with Gasteiger partial charge in [-0.15, -0.1) is 0 Å². The second-order valence-corrected chi connectivity index (χ2v) is 17.3. The molecule has 0 unspecified atom stereocenters. The lowest BCUT2D eigenvalue weighted by molar-refractivity contribution is 0.125. The summed E-state index contributed by atoms with van der Waals surface area (Å²) in [5.41, 5.74) is 14.5. The minimum atomic E-state index is 0.0573. The molecule has 0 saturated heterocycles. The third-order valence-electron chi connectivity index (χ3n) is 11.8. The third kappa shape index (κ3) is 5.64. The molecule has 6 rings (SSSR count). The molecule has 0 N–H and O–H groups in total. The fourth-order valence-electron chi connectivity index (χ4n) is 7.23. The van der Waals surface area contributed by atoms with Crippen molar-refractivity contribution in [1.29, 1.82) is 0 Å². The molecule has 47 heavy (non-hydrogen) atoms. The Morgan fingerprint density at radius 3 is 1.32 bits per heavy atom. The molecule has 0 radical (unpaired) electrons. The molecule has 0 bridgehead atoms. The predicted octanol–water partition coefficient (Wildman–Crippen LogP) is 12.3. The van der Waals surface area contributed by atoms with E-state index in [1.54, 1.807) is 0 Å². The first-order valence-electron chi connectivity index (χ1n) is 17.2. The number of pyridine rings is 2. The largest absolute Gasteiger partial charge is 0.256 e. The molecule has 1 aliphatic carbocycles. The average Bonchev–Trinajstić information content (AvgIpc) is 3.13. The fraction of sp³-hybridized carbons (Fsp3) is 0.378. The van der Waals surface area contributed by atoms with Crippen molar-refractivity contribution in [1.82, 2.24) is 9.97 Å². The Kier molecular flexibility index (Phi) is 7.70. The summed E-state index contributed by atoms with van der Waals surface area (Å²) in [5, 5.41) is 0. The summed E-state index contributed by atoms with van der Waals surface area (Å²) in [6.07, 6.45) is 2.02. The Morgan fingerprint density at radius 2 is 0.872 bits per heavy atom. The zero-order valence-electron chi connectivity index (χ0n) is 30.6. The summed E-state index contributed by atoms with van der Waals surface area (Å²) in [5.74, 6) is 0. The van der Waals surface area contributed by atoms with Crippen molar-refractivity contribution < 1.29 is 0 Å². The average molecular weight is 621 g/mol. The van der Waals surface area contributed by atoms with Gasteiger partial charge in [-0.05, 0) is 79.2 Å². The van der Waals surface area contributed by atoms with Gasteiger partial charge in [0, 0.05) is 28.5 Å². The number of fused-ring (bicyclic) bond motifs is 1. The lowest BCUT2D eigenvalue weighted by Crippen LogP contribution is -2.42. The molecule has 2 aromatic heterocycles. The maximum atomic E-state index is 5.20. The highest BCUT2D eigenvalue weighted by Crippen LogP contribution is 2.61. The monoisotopic (exact) mass is 620 g/mol. The van der Waals surface area contributed by atoms with Crippen LogP contribution >= 0.6 is 0 Å². The second kappa shape index (κ2) is 11.0. The van der Waals surface area contributed by atoms with Crippen LogP contribution in [-0.2, 0) is 21.7 Å². The molecular formula is C45H52N2. The molecule has 2 heteroatoms. The third-order valence-corrected chi connectivity index (χ3v) is 11.8. The summed E-state index contributed by atoms with van der Waals surface area (Å²) >= 11 is 0. The van der Waals surface area contributed by atoms with E-state index in [4.69, 9.17) is 9.97 Å². The van der Waals surface area contributed by atoms with E-state index in [9.17, 15) is 0 Å². The number of nitrogens with zero attached hydrogens (tertiary/aromatic N) is 2. The molecule has 0 atom stereocenters. The van der Waals surface area contributed by atoms with Crippen molar-refractivity contribution >= 4 is 0 Å². The minimum absolute atomic E-state index is 0.0573. The smallest absolute Gasteiger partial charge is 0.0715 e. The zero-order chi connectivity index (χ0) is 34.2. The predicted molar refractivity (Wildman–Crippen MR) is 201 cm³/mol. The normalized spacial score (nSPS) is 16.6. The van der Waals surface area contributed by atoms with Crippen LogP contribution in [0.2, 0.25) is 0 Å². The van der Waals surface area contributed by atoms with E-state index in [2.05, 4.69) is 174 Å². The van der Waals surface area contributed by atoms with Gasteiger partial charge >= 0.3 is 0 Å². The van der Waals surface area contributed by atoms with Crippen LogP contribution in [0.3, 0.4) is 0 Å². The van der Waals surface area contributed by atoms with Gasteiger partial charge in [0.2, 0.25) is 0 Å². The quantitative estimate of drug-likeness (QED) is 0.200. The molecule has 0 fully saturated rings. The van der Waals surface area contributed by atoms with Crippen LogP contribution in [0.15, 0.2) is 97.2 Å². The molecule has 0 aliphatic heterocycles. The van der Waals surface area contributed by atoms with Gasteiger partial charge < -0.3 is 0 Å². The summed E-state index contributed by atoms with van der Waals surface area (Å²) in [6.45, 7) is 27.9. The fourth-order valence-corrected chi connectivity index (χ4v) is 7.23. The van der Waals surface area contributed by atoms with Crippen LogP contribution in [0.4, 0.5) is 0 Å². The molecule has 1 aliphatic rings. The molecular weight excluding hydrogens is 569 g/mol. The Morgan fingerprint density at radius 1 is 0.426 bits per heavy atom. The number of rotatable bonds is 4. The second-order valence-electron chi connectivity index (χ2n) is 17.3. The van der Waals surface area contributed by atoms with Crippen LogP contribution in [-0.4, -0.2) is 9.97 Å². The summed E-state index contributed by atoms with van der Waals surface area (Å²) in [7, 11) is 0. The van der Waals surface area contributed by atoms with E-state index in [-0.39, 0.29) is 27.1 Å². The van der Waals surface area contributed by atoms with E-state index in [1.165, 1.54) is 27.8 Å². The Labute approximate surface area is 283 Å². The number of hydrogen-bond donors (Lipinski definition) is 0. The van der Waals surface area contributed by atoms with Crippen molar-refractivity contribution in [3.63, 3.8) is 0 Å². The lowest BCUT2D eigenvalue weighted by Gasteiger charge is -2.44. The first-order valence-corrected chi connectivity index (χ1v) is 17.2. The van der Waals surface area contributed by atoms with Gasteiger partial charge in [-0.25, -0.2) is 4.98 Å². The SMILES string of the molecule is CC(C)(C)c1ccc(-c2cc(-c3ccc(-c4ccc5c(c4)C(C)(C)C(C)(C)C5(C)C)nc3)cc(-c3ccc(C(C)(C)C)cc3)n2)cc1. The summed E-state index contributed by atoms with van der Waals surface area (Å²) in [6, 6.07) is 33.5. The maximum Gasteiger partial charge on any atom is 0.0715 e. The van der Waals surface area contributed by atoms with Gasteiger partial charge in [-0.3, -0.25) is 4.98 Å². The van der Waals surface area contributed by atoms with Crippen molar-refractivity contribution in [3.8, 4) is 44.9 Å². The number of aromatic nitrogens is 2. The maximum absolute atomic E-state index is 5.20. The first kappa shape index (κ1) is 32.9. The van der Waals surface area contributed by atoms with Crippen LogP contribution in [0.5, 0.6) is 0 Å². The van der Waals surface area contributed by atoms with Gasteiger partial charge in [0.15, 0.2) is 0 Å². The highest BCUT2D eigenvalue weighted by Gasteiger charge is 2.56. The summed E-state index contributed by atoms with van der Waals surface area (Å²) in [4.78, 5) is 10.2. The van der Waals surface area contributed by atoms with E-state index in [0.29, 0.717) is 0 Å². The van der Waals surface area contributed by atoms with Gasteiger partial charge in [-0.2, -0.15) is 0 Å². The molecule has 0 saturated carbocycles. The van der Waals surface area contributed by atoms with Gasteiger partial charge in [0.1, 0.15) is 0 Å². The van der Waals surface area contributed by atoms with E-state index in [1.807, 2.05) is 6.20 Å². The number of benzene rings is 3. The highest BCUT2D eigenvalue weighted by molar-refractivity contribution is 5.77. The zero-order valence-corrected chi connectivity index (χ0v) is 30.6. The Bertz CT molecular complexity index is 1850. The van der Waals surface area contributed by atoms with E-state index in [0.717, 1.165) is 39.3 Å². The molecule has 0 amide bonds. The van der Waals surface area contributed by atoms with Crippen LogP contribution in [0, 0.1) is 5.41 Å². The van der Waals surface area contributed by atoms with Crippen LogP contribution in [0.25, 0.3) is 44.9 Å². The van der Waals surface area contributed by atoms with E-state index < -0.39 is 0 Å². The highest BCUT2D eigenvalue weighted by atomic mass is 14.7. The first-order chi connectivity index (χ1) is 21.8. The molecule has 5 aromatic rings. The van der Waals surface area contributed by atoms with Crippen molar-refractivity contribution in [3.05, 3.63) is 119 Å². The van der Waals surface area contributed by atoms with Crippen LogP contribution in [0.1, 0.15) is 105 Å². The lowest BCUT2D eigenvalue weighted by atomic mass is 9.59. The van der Waals surface area contributed by atoms with Crippen LogP contribution < -0.4 is 0 Å². The minimum Gasteiger partial charge on any atom is -0.256 e. The molecule has 3 aromatic carbocycles. The standard InChI is InChI=1S/C45H52N2/c1-41(2,3)34-19-13-29(14-20-34)39-26-33(27-40(47-39)30-15-21-35(22-16-30)42(4,5)6)32-18-24-38(46-28-32)31-17-23-36-37(25-31)44(9,10)45(11,12)43(36,7)8/h13-28H,1-12H3. The van der Waals surface area contributed by atoms with Crippen molar-refractivity contribution in [2.75, 3.05) is 0 Å². The summed E-state index contributed by atoms with van der Waals surface area (Å²) < 4.78 is 0. The van der Waals surface area contributed by atoms with Gasteiger partial charge in [0.05, 0.1) is 17.1 Å². The molecule has 0 spiro atoms. The topological polar surface area (TPSA) is 25.8 Å². The van der Waals surface area contributed by atoms with Gasteiger partial charge in [0.25, 0.3) is 0 Å². The van der Waals surface area contributed by atoms with Gasteiger partial charge in [-0.1, -0.05) is 150 Å². The van der Waals surface area contributed by atoms with Crippen molar-refractivity contribution in [2.45, 2.75) is 105 Å². The van der Waals surface area contributed by atoms with E-state index >= 15 is 0 Å². The Balaban J connectivity index is 1.40. The molecule has 2 heterocycles. The Hall–Kier alpha value is -4.04. The number of hydrogen-bond acceptors (Lipinski definition) is 2. The van der Waals surface area contributed by atoms with Crippen molar-refractivity contribution in [2.24, 2.45) is 5.41 Å².